The molecule has 1 aromatic rings. The van der Waals surface area contributed by atoms with Gasteiger partial charge >= 0.3 is 0 Å². The van der Waals surface area contributed by atoms with Crippen molar-refractivity contribution < 1.29 is 4.79 Å². The highest BCUT2D eigenvalue weighted by Gasteiger charge is 2.29. The Labute approximate surface area is 124 Å². The highest BCUT2D eigenvalue weighted by atomic mass is 16.2. The van der Waals surface area contributed by atoms with Crippen LogP contribution in [0.5, 0.6) is 0 Å². The van der Waals surface area contributed by atoms with Gasteiger partial charge in [-0.2, -0.15) is 0 Å². The van der Waals surface area contributed by atoms with Crippen molar-refractivity contribution in [3.8, 4) is 0 Å². The quantitative estimate of drug-likeness (QED) is 0.813. The van der Waals surface area contributed by atoms with E-state index in [9.17, 15) is 4.79 Å². The Kier molecular flexibility index (Phi) is 4.15. The lowest BCUT2D eigenvalue weighted by molar-refractivity contribution is -0.126. The number of nitrogen functional groups attached to an aromatic ring is 1. The van der Waals surface area contributed by atoms with E-state index < -0.39 is 0 Å². The molecular formula is C15H21N5O. The lowest BCUT2D eigenvalue weighted by Gasteiger charge is -2.24. The van der Waals surface area contributed by atoms with Gasteiger partial charge in [0.05, 0.1) is 0 Å². The van der Waals surface area contributed by atoms with Crippen molar-refractivity contribution in [1.82, 2.24) is 19.8 Å². The maximum Gasteiger partial charge on any atom is 0.246 e. The molecule has 3 heterocycles. The lowest BCUT2D eigenvalue weighted by Crippen LogP contribution is -2.38. The van der Waals surface area contributed by atoms with Crippen molar-refractivity contribution in [3.63, 3.8) is 0 Å². The predicted molar refractivity (Wildman–Crippen MR) is 81.3 cm³/mol. The number of carbonyl (C=O) groups excluding carboxylic acids is 1. The Morgan fingerprint density at radius 2 is 2.00 bits per heavy atom. The standard InChI is InChI=1S/C15H21N5O/c16-15-17-9-12(10-18-15)4-5-14(21)20-8-2-7-19-6-1-3-13(19)11-20/h4-5,9-10,13H,1-3,6-8,11H2,(H2,16,17,18)/b5-4+/t13-/m0/s1. The first kappa shape index (κ1) is 14.0. The Bertz CT molecular complexity index is 527. The SMILES string of the molecule is Nc1ncc(/C=C/C(=O)N2CCCN3CCC[C@H]3C2)cn1. The number of amides is 1. The first-order valence-corrected chi connectivity index (χ1v) is 7.51. The average Bonchev–Trinajstić information content (AvgIpc) is 2.83. The molecule has 1 aromatic heterocycles. The summed E-state index contributed by atoms with van der Waals surface area (Å²) in [5.41, 5.74) is 6.23. The van der Waals surface area contributed by atoms with Gasteiger partial charge in [-0.3, -0.25) is 9.69 Å². The smallest absolute Gasteiger partial charge is 0.246 e. The number of nitrogens with zero attached hydrogens (tertiary/aromatic N) is 4. The number of hydrogen-bond donors (Lipinski definition) is 1. The second kappa shape index (κ2) is 6.22. The van der Waals surface area contributed by atoms with E-state index in [0.29, 0.717) is 6.04 Å². The van der Waals surface area contributed by atoms with Crippen molar-refractivity contribution >= 4 is 17.9 Å². The maximum absolute atomic E-state index is 12.3. The molecule has 2 aliphatic rings. The van der Waals surface area contributed by atoms with Gasteiger partial charge in [-0.1, -0.05) is 0 Å². The Hall–Kier alpha value is -1.95. The number of nitrogens with two attached hydrogens (primary N) is 1. The minimum atomic E-state index is 0.0700. The first-order chi connectivity index (χ1) is 10.2. The number of carbonyl (C=O) groups is 1. The second-order valence-electron chi connectivity index (χ2n) is 5.68. The molecule has 6 heteroatoms. The molecule has 1 atom stereocenters. The molecule has 0 aliphatic carbocycles. The van der Waals surface area contributed by atoms with Gasteiger partial charge in [-0.15, -0.1) is 0 Å². The van der Waals surface area contributed by atoms with E-state index >= 15 is 0 Å². The summed E-state index contributed by atoms with van der Waals surface area (Å²) in [7, 11) is 0. The normalized spacial score (nSPS) is 23.2. The van der Waals surface area contributed by atoms with Gasteiger partial charge in [-0.05, 0) is 31.9 Å². The summed E-state index contributed by atoms with van der Waals surface area (Å²) in [4.78, 5) is 24.6. The van der Waals surface area contributed by atoms with E-state index in [1.807, 2.05) is 4.90 Å². The van der Waals surface area contributed by atoms with Crippen LogP contribution in [0.1, 0.15) is 24.8 Å². The zero-order valence-corrected chi connectivity index (χ0v) is 12.1. The van der Waals surface area contributed by atoms with E-state index in [0.717, 1.165) is 31.6 Å². The molecule has 0 aromatic carbocycles. The molecule has 2 fully saturated rings. The molecule has 1 amide bonds. The number of aromatic nitrogens is 2. The van der Waals surface area contributed by atoms with Gasteiger partial charge in [-0.25, -0.2) is 9.97 Å². The summed E-state index contributed by atoms with van der Waals surface area (Å²) in [6.07, 6.45) is 10.1. The highest BCUT2D eigenvalue weighted by Crippen LogP contribution is 2.21. The van der Waals surface area contributed by atoms with E-state index in [4.69, 9.17) is 5.73 Å². The Morgan fingerprint density at radius 3 is 2.81 bits per heavy atom. The largest absolute Gasteiger partial charge is 0.368 e. The van der Waals surface area contributed by atoms with Crippen LogP contribution < -0.4 is 5.73 Å². The van der Waals surface area contributed by atoms with Crippen molar-refractivity contribution in [2.75, 3.05) is 31.9 Å². The second-order valence-corrected chi connectivity index (χ2v) is 5.68. The minimum absolute atomic E-state index is 0.0700. The predicted octanol–water partition coefficient (Wildman–Crippen LogP) is 0.769. The molecule has 21 heavy (non-hydrogen) atoms. The Balaban J connectivity index is 1.62. The topological polar surface area (TPSA) is 75.3 Å². The van der Waals surface area contributed by atoms with Crippen molar-refractivity contribution in [1.29, 1.82) is 0 Å². The van der Waals surface area contributed by atoms with Gasteiger partial charge < -0.3 is 10.6 Å². The fourth-order valence-corrected chi connectivity index (χ4v) is 3.11. The van der Waals surface area contributed by atoms with Crippen LogP contribution in [0.15, 0.2) is 18.5 Å². The fourth-order valence-electron chi connectivity index (χ4n) is 3.11. The lowest BCUT2D eigenvalue weighted by atomic mass is 10.2. The van der Waals surface area contributed by atoms with Crippen molar-refractivity contribution in [2.45, 2.75) is 25.3 Å². The zero-order valence-electron chi connectivity index (χ0n) is 12.1. The number of fused-ring (bicyclic) bond motifs is 1. The molecule has 6 nitrogen and oxygen atoms in total. The summed E-state index contributed by atoms with van der Waals surface area (Å²) in [6, 6.07) is 0.546. The highest BCUT2D eigenvalue weighted by molar-refractivity contribution is 5.91. The van der Waals surface area contributed by atoms with Gasteiger partial charge in [0.15, 0.2) is 0 Å². The molecule has 3 rings (SSSR count). The van der Waals surface area contributed by atoms with E-state index in [2.05, 4.69) is 14.9 Å². The van der Waals surface area contributed by atoms with Crippen LogP contribution in [0, 0.1) is 0 Å². The summed E-state index contributed by atoms with van der Waals surface area (Å²) in [5, 5.41) is 0. The average molecular weight is 287 g/mol. The Morgan fingerprint density at radius 1 is 1.24 bits per heavy atom. The monoisotopic (exact) mass is 287 g/mol. The van der Waals surface area contributed by atoms with E-state index in [1.165, 1.54) is 19.4 Å². The van der Waals surface area contributed by atoms with Gasteiger partial charge in [0, 0.05) is 49.7 Å². The molecule has 2 saturated heterocycles. The van der Waals surface area contributed by atoms with Gasteiger partial charge in [0.25, 0.3) is 0 Å². The van der Waals surface area contributed by atoms with Crippen LogP contribution in [0.2, 0.25) is 0 Å². The van der Waals surface area contributed by atoms with Crippen LogP contribution in [0.3, 0.4) is 0 Å². The van der Waals surface area contributed by atoms with Gasteiger partial charge in [0.1, 0.15) is 0 Å². The maximum atomic E-state index is 12.3. The summed E-state index contributed by atoms with van der Waals surface area (Å²) < 4.78 is 0. The molecule has 0 spiro atoms. The van der Waals surface area contributed by atoms with Crippen LogP contribution in [0.25, 0.3) is 6.08 Å². The molecule has 0 saturated carbocycles. The van der Waals surface area contributed by atoms with Crippen LogP contribution >= 0.6 is 0 Å². The van der Waals surface area contributed by atoms with Crippen LogP contribution in [-0.2, 0) is 4.79 Å². The van der Waals surface area contributed by atoms with Crippen molar-refractivity contribution in [3.05, 3.63) is 24.0 Å². The zero-order chi connectivity index (χ0) is 14.7. The molecule has 0 bridgehead atoms. The number of anilines is 1. The van der Waals surface area contributed by atoms with Gasteiger partial charge in [0.2, 0.25) is 11.9 Å². The molecule has 0 radical (unpaired) electrons. The number of rotatable bonds is 2. The molecule has 2 N–H and O–H groups in total. The number of hydrogen-bond acceptors (Lipinski definition) is 5. The third-order valence-corrected chi connectivity index (χ3v) is 4.23. The van der Waals surface area contributed by atoms with E-state index in [1.54, 1.807) is 24.5 Å². The van der Waals surface area contributed by atoms with E-state index in [-0.39, 0.29) is 11.9 Å². The third-order valence-electron chi connectivity index (χ3n) is 4.23. The first-order valence-electron chi connectivity index (χ1n) is 7.51. The summed E-state index contributed by atoms with van der Waals surface area (Å²) in [6.45, 7) is 3.99. The van der Waals surface area contributed by atoms with Crippen molar-refractivity contribution in [2.24, 2.45) is 0 Å². The minimum Gasteiger partial charge on any atom is -0.368 e. The molecule has 2 aliphatic heterocycles. The summed E-state index contributed by atoms with van der Waals surface area (Å²) >= 11 is 0. The molecule has 112 valence electrons. The van der Waals surface area contributed by atoms with Crippen LogP contribution in [0.4, 0.5) is 5.95 Å². The summed E-state index contributed by atoms with van der Waals surface area (Å²) in [5.74, 6) is 0.313. The molecular weight excluding hydrogens is 266 g/mol. The fraction of sp³-hybridized carbons (Fsp3) is 0.533. The molecule has 0 unspecified atom stereocenters. The van der Waals surface area contributed by atoms with Crippen LogP contribution in [-0.4, -0.2) is 57.9 Å². The third kappa shape index (κ3) is 3.39.